The lowest BCUT2D eigenvalue weighted by Crippen LogP contribution is -2.38. The van der Waals surface area contributed by atoms with Gasteiger partial charge in [0.1, 0.15) is 0 Å². The second-order valence-electron chi connectivity index (χ2n) is 7.29. The molecule has 2 aliphatic heterocycles. The van der Waals surface area contributed by atoms with Crippen LogP contribution in [-0.4, -0.2) is 53.5 Å². The quantitative estimate of drug-likeness (QED) is 0.892. The standard InChI is InChI=1S/C20H27N3O2/c21-14-17-3-5-18(6-4-17)19(24)15-22-11-7-16(8-12-22)13-20(25)23-9-1-2-10-23/h3-6,16,19,24H,1-2,7-13,15H2. The van der Waals surface area contributed by atoms with Crippen molar-refractivity contribution in [1.82, 2.24) is 9.80 Å². The Morgan fingerprint density at radius 3 is 2.40 bits per heavy atom. The Kier molecular flexibility index (Phi) is 6.06. The average Bonchev–Trinajstić information content (AvgIpc) is 3.18. The summed E-state index contributed by atoms with van der Waals surface area (Å²) in [5, 5.41) is 19.2. The first kappa shape index (κ1) is 17.9. The lowest BCUT2D eigenvalue weighted by Gasteiger charge is -2.33. The van der Waals surface area contributed by atoms with E-state index in [1.54, 1.807) is 12.1 Å². The zero-order valence-corrected chi connectivity index (χ0v) is 14.7. The summed E-state index contributed by atoms with van der Waals surface area (Å²) in [6.45, 7) is 4.36. The number of hydrogen-bond donors (Lipinski definition) is 1. The van der Waals surface area contributed by atoms with Crippen molar-refractivity contribution in [3.05, 3.63) is 35.4 Å². The average molecular weight is 341 g/mol. The molecule has 1 unspecified atom stereocenters. The number of carbonyl (C=O) groups is 1. The summed E-state index contributed by atoms with van der Waals surface area (Å²) in [6, 6.07) is 9.23. The predicted molar refractivity (Wildman–Crippen MR) is 95.7 cm³/mol. The zero-order chi connectivity index (χ0) is 17.6. The molecule has 2 fully saturated rings. The topological polar surface area (TPSA) is 67.6 Å². The van der Waals surface area contributed by atoms with E-state index in [1.807, 2.05) is 17.0 Å². The molecule has 134 valence electrons. The van der Waals surface area contributed by atoms with E-state index in [0.29, 0.717) is 30.4 Å². The number of β-amino-alcohol motifs (C(OH)–C–C–N with tert-alkyl or cyclic N) is 1. The highest BCUT2D eigenvalue weighted by molar-refractivity contribution is 5.76. The summed E-state index contributed by atoms with van der Waals surface area (Å²) < 4.78 is 0. The van der Waals surface area contributed by atoms with Crippen LogP contribution in [0.5, 0.6) is 0 Å². The molecule has 2 heterocycles. The number of aliphatic hydroxyl groups is 1. The van der Waals surface area contributed by atoms with Crippen LogP contribution in [0.4, 0.5) is 0 Å². The summed E-state index contributed by atoms with van der Waals surface area (Å²) in [5.41, 5.74) is 1.46. The van der Waals surface area contributed by atoms with Crippen LogP contribution in [0.1, 0.15) is 49.3 Å². The number of carbonyl (C=O) groups excluding carboxylic acids is 1. The highest BCUT2D eigenvalue weighted by atomic mass is 16.3. The predicted octanol–water partition coefficient (Wildman–Crippen LogP) is 2.32. The Labute approximate surface area is 149 Å². The Bertz CT molecular complexity index is 609. The van der Waals surface area contributed by atoms with Gasteiger partial charge in [-0.3, -0.25) is 4.79 Å². The lowest BCUT2D eigenvalue weighted by atomic mass is 9.92. The summed E-state index contributed by atoms with van der Waals surface area (Å²) in [5.74, 6) is 0.810. The van der Waals surface area contributed by atoms with Gasteiger partial charge in [-0.15, -0.1) is 0 Å². The first-order chi connectivity index (χ1) is 12.2. The van der Waals surface area contributed by atoms with Gasteiger partial charge in [0.15, 0.2) is 0 Å². The molecule has 1 aromatic carbocycles. The third kappa shape index (κ3) is 4.81. The van der Waals surface area contributed by atoms with Gasteiger partial charge >= 0.3 is 0 Å². The fraction of sp³-hybridized carbons (Fsp3) is 0.600. The first-order valence-corrected chi connectivity index (χ1v) is 9.34. The molecule has 0 aromatic heterocycles. The molecule has 1 aromatic rings. The SMILES string of the molecule is N#Cc1ccc(C(O)CN2CCC(CC(=O)N3CCCC3)CC2)cc1. The number of likely N-dealkylation sites (tertiary alicyclic amines) is 2. The highest BCUT2D eigenvalue weighted by Gasteiger charge is 2.26. The summed E-state index contributed by atoms with van der Waals surface area (Å²) in [7, 11) is 0. The van der Waals surface area contributed by atoms with Crippen molar-refractivity contribution in [3.63, 3.8) is 0 Å². The van der Waals surface area contributed by atoms with Crippen LogP contribution in [0.15, 0.2) is 24.3 Å². The van der Waals surface area contributed by atoms with Crippen LogP contribution in [0, 0.1) is 17.2 Å². The molecule has 2 aliphatic rings. The number of piperidine rings is 1. The van der Waals surface area contributed by atoms with E-state index in [9.17, 15) is 9.90 Å². The van der Waals surface area contributed by atoms with Crippen molar-refractivity contribution in [2.24, 2.45) is 5.92 Å². The molecule has 5 nitrogen and oxygen atoms in total. The molecular weight excluding hydrogens is 314 g/mol. The number of aliphatic hydroxyl groups excluding tert-OH is 1. The largest absolute Gasteiger partial charge is 0.387 e. The minimum absolute atomic E-state index is 0.327. The number of nitrogens with zero attached hydrogens (tertiary/aromatic N) is 3. The van der Waals surface area contributed by atoms with Gasteiger partial charge in [0.25, 0.3) is 0 Å². The molecule has 2 saturated heterocycles. The second-order valence-corrected chi connectivity index (χ2v) is 7.29. The van der Waals surface area contributed by atoms with Crippen molar-refractivity contribution in [3.8, 4) is 6.07 Å². The lowest BCUT2D eigenvalue weighted by molar-refractivity contribution is -0.131. The second kappa shape index (κ2) is 8.46. The molecule has 5 heteroatoms. The van der Waals surface area contributed by atoms with Crippen molar-refractivity contribution < 1.29 is 9.90 Å². The van der Waals surface area contributed by atoms with Crippen LogP contribution in [0.2, 0.25) is 0 Å². The van der Waals surface area contributed by atoms with Crippen molar-refractivity contribution in [2.45, 2.75) is 38.2 Å². The van der Waals surface area contributed by atoms with E-state index in [2.05, 4.69) is 11.0 Å². The summed E-state index contributed by atoms with van der Waals surface area (Å²) in [6.07, 6.45) is 4.51. The fourth-order valence-electron chi connectivity index (χ4n) is 3.85. The number of hydrogen-bond acceptors (Lipinski definition) is 4. The maximum Gasteiger partial charge on any atom is 0.222 e. The van der Waals surface area contributed by atoms with Gasteiger partial charge in [-0.2, -0.15) is 5.26 Å². The van der Waals surface area contributed by atoms with Gasteiger partial charge in [0.05, 0.1) is 17.7 Å². The number of rotatable bonds is 5. The van der Waals surface area contributed by atoms with Crippen LogP contribution in [0.25, 0.3) is 0 Å². The molecule has 3 rings (SSSR count). The van der Waals surface area contributed by atoms with Gasteiger partial charge in [-0.05, 0) is 62.4 Å². The highest BCUT2D eigenvalue weighted by Crippen LogP contribution is 2.24. The molecule has 0 radical (unpaired) electrons. The van der Waals surface area contributed by atoms with Gasteiger partial charge in [0, 0.05) is 26.1 Å². The Hall–Kier alpha value is -1.90. The Morgan fingerprint density at radius 2 is 1.80 bits per heavy atom. The molecular formula is C20H27N3O2. The van der Waals surface area contributed by atoms with Crippen molar-refractivity contribution >= 4 is 5.91 Å². The molecule has 1 amide bonds. The molecule has 0 bridgehead atoms. The minimum Gasteiger partial charge on any atom is -0.387 e. The number of nitriles is 1. The minimum atomic E-state index is -0.532. The van der Waals surface area contributed by atoms with E-state index in [-0.39, 0.29) is 0 Å². The summed E-state index contributed by atoms with van der Waals surface area (Å²) in [4.78, 5) is 16.6. The van der Waals surface area contributed by atoms with Crippen LogP contribution < -0.4 is 0 Å². The Morgan fingerprint density at radius 1 is 1.16 bits per heavy atom. The zero-order valence-electron chi connectivity index (χ0n) is 14.7. The molecule has 0 spiro atoms. The smallest absolute Gasteiger partial charge is 0.222 e. The van der Waals surface area contributed by atoms with Crippen LogP contribution >= 0.6 is 0 Å². The van der Waals surface area contributed by atoms with E-state index in [1.165, 1.54) is 0 Å². The Balaban J connectivity index is 1.42. The van der Waals surface area contributed by atoms with Gasteiger partial charge in [-0.25, -0.2) is 0 Å². The van der Waals surface area contributed by atoms with Crippen molar-refractivity contribution in [1.29, 1.82) is 5.26 Å². The van der Waals surface area contributed by atoms with Crippen molar-refractivity contribution in [2.75, 3.05) is 32.7 Å². The molecule has 25 heavy (non-hydrogen) atoms. The molecule has 1 atom stereocenters. The molecule has 1 N–H and O–H groups in total. The maximum absolute atomic E-state index is 12.3. The van der Waals surface area contributed by atoms with Gasteiger partial charge < -0.3 is 14.9 Å². The normalized spacial score (nSPS) is 20.4. The van der Waals surface area contributed by atoms with E-state index < -0.39 is 6.10 Å². The first-order valence-electron chi connectivity index (χ1n) is 9.34. The van der Waals surface area contributed by atoms with Crippen LogP contribution in [0.3, 0.4) is 0 Å². The maximum atomic E-state index is 12.3. The summed E-state index contributed by atoms with van der Waals surface area (Å²) >= 11 is 0. The number of benzene rings is 1. The monoisotopic (exact) mass is 341 g/mol. The fourth-order valence-corrected chi connectivity index (χ4v) is 3.85. The van der Waals surface area contributed by atoms with Crippen LogP contribution in [-0.2, 0) is 4.79 Å². The van der Waals surface area contributed by atoms with E-state index >= 15 is 0 Å². The van der Waals surface area contributed by atoms with Gasteiger partial charge in [-0.1, -0.05) is 12.1 Å². The number of amides is 1. The molecule has 0 saturated carbocycles. The third-order valence-corrected chi connectivity index (χ3v) is 5.48. The van der Waals surface area contributed by atoms with Gasteiger partial charge in [0.2, 0.25) is 5.91 Å². The molecule has 0 aliphatic carbocycles. The van der Waals surface area contributed by atoms with E-state index in [0.717, 1.165) is 57.4 Å². The third-order valence-electron chi connectivity index (χ3n) is 5.48. The van der Waals surface area contributed by atoms with E-state index in [4.69, 9.17) is 5.26 Å².